The van der Waals surface area contributed by atoms with Gasteiger partial charge in [0.15, 0.2) is 18.1 Å². The molecular weight excluding hydrogens is 398 g/mol. The number of hydrogen-bond donors (Lipinski definition) is 0. The average Bonchev–Trinajstić information content (AvgIpc) is 2.78. The first-order chi connectivity index (χ1) is 15.0. The summed E-state index contributed by atoms with van der Waals surface area (Å²) in [7, 11) is 0. The van der Waals surface area contributed by atoms with Crippen molar-refractivity contribution in [3.05, 3.63) is 59.2 Å². The maximum absolute atomic E-state index is 12.2. The summed E-state index contributed by atoms with van der Waals surface area (Å²) in [4.78, 5) is 24.0. The van der Waals surface area contributed by atoms with Crippen LogP contribution in [0.25, 0.3) is 6.08 Å². The molecule has 0 spiro atoms. The van der Waals surface area contributed by atoms with Crippen LogP contribution in [0.15, 0.2) is 48.0 Å². The molecule has 0 amide bonds. The maximum atomic E-state index is 12.2. The van der Waals surface area contributed by atoms with Crippen molar-refractivity contribution < 1.29 is 28.5 Å². The fraction of sp³-hybridized carbons (Fsp3) is 0.292. The Balaban J connectivity index is 2.10. The lowest BCUT2D eigenvalue weighted by Gasteiger charge is -2.12. The maximum Gasteiger partial charge on any atom is 0.349 e. The summed E-state index contributed by atoms with van der Waals surface area (Å²) in [6.07, 6.45) is 2.30. The van der Waals surface area contributed by atoms with Crippen molar-refractivity contribution in [2.75, 3.05) is 19.8 Å². The smallest absolute Gasteiger partial charge is 0.349 e. The highest BCUT2D eigenvalue weighted by Crippen LogP contribution is 2.29. The molecule has 0 saturated heterocycles. The van der Waals surface area contributed by atoms with Crippen LogP contribution in [-0.4, -0.2) is 31.8 Å². The summed E-state index contributed by atoms with van der Waals surface area (Å²) < 4.78 is 21.2. The molecule has 7 heteroatoms. The number of carbonyl (C=O) groups is 2. The van der Waals surface area contributed by atoms with Crippen molar-refractivity contribution in [2.45, 2.75) is 27.2 Å². The molecule has 0 bridgehead atoms. The van der Waals surface area contributed by atoms with E-state index >= 15 is 0 Å². The van der Waals surface area contributed by atoms with E-state index in [1.165, 1.54) is 17.7 Å². The number of ether oxygens (including phenoxy) is 4. The summed E-state index contributed by atoms with van der Waals surface area (Å²) in [6.45, 7) is 5.74. The van der Waals surface area contributed by atoms with E-state index in [-0.39, 0.29) is 24.5 Å². The highest BCUT2D eigenvalue weighted by molar-refractivity contribution is 5.98. The zero-order valence-electron chi connectivity index (χ0n) is 17.8. The second-order valence-electron chi connectivity index (χ2n) is 6.29. The predicted molar refractivity (Wildman–Crippen MR) is 115 cm³/mol. The summed E-state index contributed by atoms with van der Waals surface area (Å²) >= 11 is 0. The molecule has 0 heterocycles. The standard InChI is InChI=1S/C24H25NO6/c1-4-17-7-10-20(11-8-17)30-16-23(26)31-21-12-9-18(14-22(21)28-5-2)13-19(15-25)24(27)29-6-3/h7-14H,4-6,16H2,1-3H3/b19-13+. The number of carbonyl (C=O) groups excluding carboxylic acids is 2. The van der Waals surface area contributed by atoms with Crippen molar-refractivity contribution >= 4 is 18.0 Å². The van der Waals surface area contributed by atoms with Gasteiger partial charge < -0.3 is 18.9 Å². The van der Waals surface area contributed by atoms with E-state index in [9.17, 15) is 14.9 Å². The third-order valence-electron chi connectivity index (χ3n) is 4.11. The van der Waals surface area contributed by atoms with E-state index < -0.39 is 11.9 Å². The first-order valence-corrected chi connectivity index (χ1v) is 9.98. The summed E-state index contributed by atoms with van der Waals surface area (Å²) in [5.74, 6) is -0.208. The van der Waals surface area contributed by atoms with Gasteiger partial charge in [-0.05, 0) is 61.7 Å². The predicted octanol–water partition coefficient (Wildman–Crippen LogP) is 4.10. The lowest BCUT2D eigenvalue weighted by Crippen LogP contribution is -2.18. The molecule has 2 aromatic rings. The minimum Gasteiger partial charge on any atom is -0.490 e. The van der Waals surface area contributed by atoms with E-state index in [0.29, 0.717) is 23.7 Å². The zero-order chi connectivity index (χ0) is 22.6. The minimum atomic E-state index is -0.706. The van der Waals surface area contributed by atoms with Gasteiger partial charge in [0.1, 0.15) is 17.4 Å². The van der Waals surface area contributed by atoms with Crippen molar-refractivity contribution in [2.24, 2.45) is 0 Å². The molecule has 0 radical (unpaired) electrons. The molecule has 0 aliphatic carbocycles. The third-order valence-corrected chi connectivity index (χ3v) is 4.11. The number of rotatable bonds is 10. The van der Waals surface area contributed by atoms with E-state index in [1.54, 1.807) is 38.1 Å². The molecule has 0 saturated carbocycles. The molecule has 0 aliphatic rings. The topological polar surface area (TPSA) is 94.9 Å². The fourth-order valence-electron chi connectivity index (χ4n) is 2.60. The average molecular weight is 423 g/mol. The number of nitrogens with zero attached hydrogens (tertiary/aromatic N) is 1. The van der Waals surface area contributed by atoms with Crippen LogP contribution in [-0.2, 0) is 20.7 Å². The van der Waals surface area contributed by atoms with Crippen molar-refractivity contribution in [1.29, 1.82) is 5.26 Å². The molecule has 2 aromatic carbocycles. The molecule has 2 rings (SSSR count). The van der Waals surface area contributed by atoms with Gasteiger partial charge >= 0.3 is 11.9 Å². The Morgan fingerprint density at radius 1 is 0.968 bits per heavy atom. The molecule has 0 unspecified atom stereocenters. The first kappa shape index (κ1) is 23.5. The molecule has 0 aromatic heterocycles. The molecule has 0 fully saturated rings. The Morgan fingerprint density at radius 3 is 2.32 bits per heavy atom. The minimum absolute atomic E-state index is 0.142. The highest BCUT2D eigenvalue weighted by Gasteiger charge is 2.14. The zero-order valence-corrected chi connectivity index (χ0v) is 17.8. The summed E-state index contributed by atoms with van der Waals surface area (Å²) in [5, 5.41) is 9.18. The van der Waals surface area contributed by atoms with Crippen LogP contribution in [0.1, 0.15) is 31.9 Å². The molecule has 0 aliphatic heterocycles. The van der Waals surface area contributed by atoms with E-state index in [1.807, 2.05) is 18.2 Å². The van der Waals surface area contributed by atoms with Gasteiger partial charge in [0.05, 0.1) is 13.2 Å². The van der Waals surface area contributed by atoms with Crippen molar-refractivity contribution in [1.82, 2.24) is 0 Å². The Bertz CT molecular complexity index is 973. The van der Waals surface area contributed by atoms with Gasteiger partial charge in [0.2, 0.25) is 0 Å². The molecule has 31 heavy (non-hydrogen) atoms. The van der Waals surface area contributed by atoms with Crippen LogP contribution in [0.2, 0.25) is 0 Å². The SMILES string of the molecule is CCOC(=O)/C(C#N)=C/c1ccc(OC(=O)COc2ccc(CC)cc2)c(OCC)c1. The number of hydrogen-bond acceptors (Lipinski definition) is 7. The van der Waals surface area contributed by atoms with Crippen LogP contribution < -0.4 is 14.2 Å². The van der Waals surface area contributed by atoms with Crippen LogP contribution in [0.3, 0.4) is 0 Å². The van der Waals surface area contributed by atoms with Gasteiger partial charge in [0, 0.05) is 0 Å². The summed E-state index contributed by atoms with van der Waals surface area (Å²) in [6, 6.07) is 14.0. The Morgan fingerprint density at radius 2 is 1.71 bits per heavy atom. The van der Waals surface area contributed by atoms with Crippen LogP contribution in [0, 0.1) is 11.3 Å². The quantitative estimate of drug-likeness (QED) is 0.246. The molecule has 7 nitrogen and oxygen atoms in total. The Labute approximate surface area is 181 Å². The van der Waals surface area contributed by atoms with Gasteiger partial charge in [-0.2, -0.15) is 5.26 Å². The van der Waals surface area contributed by atoms with Crippen LogP contribution in [0.4, 0.5) is 0 Å². The fourth-order valence-corrected chi connectivity index (χ4v) is 2.60. The van der Waals surface area contributed by atoms with Gasteiger partial charge in [0.25, 0.3) is 0 Å². The number of benzene rings is 2. The van der Waals surface area contributed by atoms with Gasteiger partial charge in [-0.3, -0.25) is 0 Å². The van der Waals surface area contributed by atoms with Crippen molar-refractivity contribution in [3.8, 4) is 23.3 Å². The second kappa shape index (κ2) is 12.0. The summed E-state index contributed by atoms with van der Waals surface area (Å²) in [5.41, 5.74) is 1.56. The van der Waals surface area contributed by atoms with Gasteiger partial charge in [-0.15, -0.1) is 0 Å². The number of nitriles is 1. The van der Waals surface area contributed by atoms with Crippen molar-refractivity contribution in [3.63, 3.8) is 0 Å². The van der Waals surface area contributed by atoms with E-state index in [4.69, 9.17) is 18.9 Å². The van der Waals surface area contributed by atoms with Crippen LogP contribution >= 0.6 is 0 Å². The van der Waals surface area contributed by atoms with Crippen LogP contribution in [0.5, 0.6) is 17.2 Å². The lowest BCUT2D eigenvalue weighted by molar-refractivity contribution is -0.138. The number of esters is 2. The van der Waals surface area contributed by atoms with Gasteiger partial charge in [-0.1, -0.05) is 25.1 Å². The normalized spacial score (nSPS) is 10.7. The molecule has 162 valence electrons. The monoisotopic (exact) mass is 423 g/mol. The largest absolute Gasteiger partial charge is 0.490 e. The Kier molecular flexibility index (Phi) is 9.12. The second-order valence-corrected chi connectivity index (χ2v) is 6.29. The van der Waals surface area contributed by atoms with Gasteiger partial charge in [-0.25, -0.2) is 9.59 Å². The molecule has 0 atom stereocenters. The highest BCUT2D eigenvalue weighted by atomic mass is 16.6. The lowest BCUT2D eigenvalue weighted by atomic mass is 10.1. The Hall–Kier alpha value is -3.79. The molecular formula is C24H25NO6. The first-order valence-electron chi connectivity index (χ1n) is 9.98. The van der Waals surface area contributed by atoms with E-state index in [0.717, 1.165) is 6.42 Å². The molecule has 0 N–H and O–H groups in total. The third kappa shape index (κ3) is 7.19. The van der Waals surface area contributed by atoms with E-state index in [2.05, 4.69) is 6.92 Å². The number of aryl methyl sites for hydroxylation is 1.